The van der Waals surface area contributed by atoms with E-state index in [9.17, 15) is 9.59 Å². The molecule has 0 aliphatic rings. The van der Waals surface area contributed by atoms with E-state index in [0.717, 1.165) is 0 Å². The van der Waals surface area contributed by atoms with Crippen LogP contribution in [-0.2, 0) is 14.3 Å². The molecule has 0 aliphatic carbocycles. The normalized spacial score (nSPS) is 10.8. The lowest BCUT2D eigenvalue weighted by Gasteiger charge is -2.10. The van der Waals surface area contributed by atoms with Crippen molar-refractivity contribution in [1.29, 1.82) is 0 Å². The maximum atomic E-state index is 11.4. The topological polar surface area (TPSA) is 80.3 Å². The van der Waals surface area contributed by atoms with Gasteiger partial charge in [0.05, 0.1) is 11.6 Å². The SMILES string of the molecule is CCOC(=O)/C=C/c1cnc(NCCNC(=O)C(C)C)c(Cl)c1. The number of hydrogen-bond donors (Lipinski definition) is 2. The first-order valence-corrected chi connectivity index (χ1v) is 7.83. The van der Waals surface area contributed by atoms with Gasteiger partial charge in [-0.05, 0) is 24.6 Å². The minimum absolute atomic E-state index is 0.00491. The van der Waals surface area contributed by atoms with Crippen LogP contribution in [-0.4, -0.2) is 36.6 Å². The molecule has 0 spiro atoms. The van der Waals surface area contributed by atoms with Gasteiger partial charge in [0.2, 0.25) is 5.91 Å². The number of rotatable bonds is 8. The molecule has 0 radical (unpaired) electrons. The number of nitrogens with one attached hydrogen (secondary N) is 2. The minimum atomic E-state index is -0.410. The molecule has 1 aromatic heterocycles. The van der Waals surface area contributed by atoms with Crippen LogP contribution in [0, 0.1) is 5.92 Å². The zero-order valence-electron chi connectivity index (χ0n) is 13.6. The second-order valence-electron chi connectivity index (χ2n) is 5.06. The summed E-state index contributed by atoms with van der Waals surface area (Å²) in [6.07, 6.45) is 4.51. The molecule has 0 unspecified atom stereocenters. The Bertz CT molecular complexity index is 574. The number of amides is 1. The number of hydrogen-bond acceptors (Lipinski definition) is 5. The Morgan fingerprint density at radius 3 is 2.74 bits per heavy atom. The molecular formula is C16H22ClN3O3. The molecule has 0 atom stereocenters. The third-order valence-corrected chi connectivity index (χ3v) is 3.09. The largest absolute Gasteiger partial charge is 0.463 e. The lowest BCUT2D eigenvalue weighted by Crippen LogP contribution is -2.32. The molecule has 7 heteroatoms. The zero-order valence-corrected chi connectivity index (χ0v) is 14.3. The van der Waals surface area contributed by atoms with E-state index in [1.807, 2.05) is 13.8 Å². The van der Waals surface area contributed by atoms with Gasteiger partial charge in [0.15, 0.2) is 0 Å². The molecule has 0 saturated heterocycles. The van der Waals surface area contributed by atoms with Crippen LogP contribution in [0.2, 0.25) is 5.02 Å². The monoisotopic (exact) mass is 339 g/mol. The van der Waals surface area contributed by atoms with Gasteiger partial charge in [0.25, 0.3) is 0 Å². The summed E-state index contributed by atoms with van der Waals surface area (Å²) in [6, 6.07) is 1.69. The Balaban J connectivity index is 2.50. The lowest BCUT2D eigenvalue weighted by atomic mass is 10.2. The highest BCUT2D eigenvalue weighted by Gasteiger charge is 2.06. The van der Waals surface area contributed by atoms with Gasteiger partial charge in [0, 0.05) is 31.3 Å². The van der Waals surface area contributed by atoms with Crippen molar-refractivity contribution < 1.29 is 14.3 Å². The molecule has 1 rings (SSSR count). The fourth-order valence-corrected chi connectivity index (χ4v) is 1.84. The fourth-order valence-electron chi connectivity index (χ4n) is 1.60. The van der Waals surface area contributed by atoms with Gasteiger partial charge in [-0.3, -0.25) is 4.79 Å². The molecule has 0 aliphatic heterocycles. The second kappa shape index (κ2) is 9.84. The van der Waals surface area contributed by atoms with E-state index in [1.54, 1.807) is 25.3 Å². The van der Waals surface area contributed by atoms with Crippen LogP contribution in [0.15, 0.2) is 18.3 Å². The number of pyridine rings is 1. The summed E-state index contributed by atoms with van der Waals surface area (Å²) in [5.74, 6) is 0.0814. The van der Waals surface area contributed by atoms with E-state index in [2.05, 4.69) is 15.6 Å². The summed E-state index contributed by atoms with van der Waals surface area (Å²) < 4.78 is 4.79. The molecule has 0 fully saturated rings. The third kappa shape index (κ3) is 7.15. The van der Waals surface area contributed by atoms with Crippen LogP contribution in [0.1, 0.15) is 26.3 Å². The van der Waals surface area contributed by atoms with Crippen molar-refractivity contribution in [1.82, 2.24) is 10.3 Å². The molecule has 126 valence electrons. The number of carbonyl (C=O) groups is 2. The highest BCUT2D eigenvalue weighted by Crippen LogP contribution is 2.20. The smallest absolute Gasteiger partial charge is 0.330 e. The molecule has 0 saturated carbocycles. The van der Waals surface area contributed by atoms with Crippen molar-refractivity contribution >= 4 is 35.4 Å². The van der Waals surface area contributed by atoms with Crippen molar-refractivity contribution in [3.05, 3.63) is 28.9 Å². The van der Waals surface area contributed by atoms with Gasteiger partial charge < -0.3 is 15.4 Å². The Hall–Kier alpha value is -2.08. The quantitative estimate of drug-likeness (QED) is 0.432. The van der Waals surface area contributed by atoms with E-state index in [0.29, 0.717) is 36.1 Å². The molecule has 0 bridgehead atoms. The maximum absolute atomic E-state index is 11.4. The van der Waals surface area contributed by atoms with Gasteiger partial charge in [0.1, 0.15) is 5.82 Å². The number of halogens is 1. The van der Waals surface area contributed by atoms with Gasteiger partial charge in [-0.25, -0.2) is 9.78 Å². The Kier molecular flexibility index (Phi) is 8.11. The van der Waals surface area contributed by atoms with E-state index in [4.69, 9.17) is 16.3 Å². The maximum Gasteiger partial charge on any atom is 0.330 e. The third-order valence-electron chi connectivity index (χ3n) is 2.80. The number of ether oxygens (including phenoxy) is 1. The molecular weight excluding hydrogens is 318 g/mol. The van der Waals surface area contributed by atoms with Crippen molar-refractivity contribution in [3.8, 4) is 0 Å². The number of aromatic nitrogens is 1. The Morgan fingerprint density at radius 1 is 1.39 bits per heavy atom. The van der Waals surface area contributed by atoms with Gasteiger partial charge in [-0.2, -0.15) is 0 Å². The standard InChI is InChI=1S/C16H22ClN3O3/c1-4-23-14(21)6-5-12-9-13(17)15(20-10-12)18-7-8-19-16(22)11(2)3/h5-6,9-11H,4,7-8H2,1-3H3,(H,18,20)(H,19,22)/b6-5+. The molecule has 0 aromatic carbocycles. The Morgan fingerprint density at radius 2 is 2.13 bits per heavy atom. The average Bonchev–Trinajstić information content (AvgIpc) is 2.51. The molecule has 1 aromatic rings. The van der Waals surface area contributed by atoms with E-state index in [1.165, 1.54) is 6.08 Å². The van der Waals surface area contributed by atoms with Gasteiger partial charge in [-0.1, -0.05) is 25.4 Å². The van der Waals surface area contributed by atoms with Crippen LogP contribution in [0.25, 0.3) is 6.08 Å². The first-order chi connectivity index (χ1) is 10.9. The van der Waals surface area contributed by atoms with Crippen LogP contribution in [0.5, 0.6) is 0 Å². The van der Waals surface area contributed by atoms with E-state index >= 15 is 0 Å². The Labute approximate surface area is 141 Å². The summed E-state index contributed by atoms with van der Waals surface area (Å²) in [5, 5.41) is 6.28. The van der Waals surface area contributed by atoms with Crippen molar-refractivity contribution in [2.45, 2.75) is 20.8 Å². The summed E-state index contributed by atoms with van der Waals surface area (Å²) in [7, 11) is 0. The van der Waals surface area contributed by atoms with Crippen molar-refractivity contribution in [3.63, 3.8) is 0 Å². The van der Waals surface area contributed by atoms with Crippen LogP contribution >= 0.6 is 11.6 Å². The second-order valence-corrected chi connectivity index (χ2v) is 5.46. The van der Waals surface area contributed by atoms with E-state index in [-0.39, 0.29) is 11.8 Å². The summed E-state index contributed by atoms with van der Waals surface area (Å²) >= 11 is 6.14. The first-order valence-electron chi connectivity index (χ1n) is 7.46. The molecule has 6 nitrogen and oxygen atoms in total. The van der Waals surface area contributed by atoms with Crippen LogP contribution < -0.4 is 10.6 Å². The molecule has 23 heavy (non-hydrogen) atoms. The number of anilines is 1. The molecule has 2 N–H and O–H groups in total. The van der Waals surface area contributed by atoms with Gasteiger partial charge in [-0.15, -0.1) is 0 Å². The number of carbonyl (C=O) groups excluding carboxylic acids is 2. The highest BCUT2D eigenvalue weighted by atomic mass is 35.5. The van der Waals surface area contributed by atoms with Crippen LogP contribution in [0.3, 0.4) is 0 Å². The summed E-state index contributed by atoms with van der Waals surface area (Å²) in [6.45, 7) is 6.75. The van der Waals surface area contributed by atoms with Crippen LogP contribution in [0.4, 0.5) is 5.82 Å². The first kappa shape index (κ1) is 19.0. The molecule has 1 heterocycles. The minimum Gasteiger partial charge on any atom is -0.463 e. The lowest BCUT2D eigenvalue weighted by molar-refractivity contribution is -0.137. The number of nitrogens with zero attached hydrogens (tertiary/aromatic N) is 1. The summed E-state index contributed by atoms with van der Waals surface area (Å²) in [5.41, 5.74) is 0.696. The number of esters is 1. The predicted molar refractivity (Wildman–Crippen MR) is 91.3 cm³/mol. The van der Waals surface area contributed by atoms with Crippen molar-refractivity contribution in [2.75, 3.05) is 25.0 Å². The van der Waals surface area contributed by atoms with Gasteiger partial charge >= 0.3 is 5.97 Å². The zero-order chi connectivity index (χ0) is 17.2. The molecule has 1 amide bonds. The van der Waals surface area contributed by atoms with E-state index < -0.39 is 5.97 Å². The highest BCUT2D eigenvalue weighted by molar-refractivity contribution is 6.33. The summed E-state index contributed by atoms with van der Waals surface area (Å²) in [4.78, 5) is 26.8. The van der Waals surface area contributed by atoms with Crippen molar-refractivity contribution in [2.24, 2.45) is 5.92 Å². The predicted octanol–water partition coefficient (Wildman–Crippen LogP) is 2.50. The average molecular weight is 340 g/mol. The fraction of sp³-hybridized carbons (Fsp3) is 0.438.